The molecule has 0 aliphatic carbocycles. The zero-order valence-corrected chi connectivity index (χ0v) is 12.8. The lowest BCUT2D eigenvalue weighted by Gasteiger charge is -2.12. The summed E-state index contributed by atoms with van der Waals surface area (Å²) in [5.74, 6) is 0.787. The van der Waals surface area contributed by atoms with Crippen LogP contribution in [0.5, 0.6) is 5.75 Å². The third-order valence-corrected chi connectivity index (χ3v) is 3.67. The molecule has 0 aromatic heterocycles. The van der Waals surface area contributed by atoms with Gasteiger partial charge >= 0.3 is 0 Å². The quantitative estimate of drug-likeness (QED) is 0.777. The van der Waals surface area contributed by atoms with Gasteiger partial charge in [0.1, 0.15) is 5.75 Å². The van der Waals surface area contributed by atoms with Crippen molar-refractivity contribution in [2.24, 2.45) is 0 Å². The summed E-state index contributed by atoms with van der Waals surface area (Å²) >= 11 is 5.99. The summed E-state index contributed by atoms with van der Waals surface area (Å²) in [5.41, 5.74) is 4.10. The van der Waals surface area contributed by atoms with Crippen LogP contribution in [0.1, 0.15) is 32.6 Å². The monoisotopic (exact) mass is 288 g/mol. The molecule has 0 aliphatic rings. The van der Waals surface area contributed by atoms with Crippen LogP contribution in [0.3, 0.4) is 0 Å². The Morgan fingerprint density at radius 1 is 0.950 bits per heavy atom. The number of aryl methyl sites for hydroxylation is 3. The van der Waals surface area contributed by atoms with E-state index in [9.17, 15) is 4.79 Å². The molecule has 0 saturated heterocycles. The van der Waals surface area contributed by atoms with Gasteiger partial charge in [0.05, 0.1) is 7.11 Å². The first-order valence-electron chi connectivity index (χ1n) is 6.40. The van der Waals surface area contributed by atoms with Crippen molar-refractivity contribution in [3.63, 3.8) is 0 Å². The second kappa shape index (κ2) is 5.68. The molecule has 0 N–H and O–H groups in total. The molecule has 2 rings (SSSR count). The van der Waals surface area contributed by atoms with Crippen LogP contribution >= 0.6 is 11.6 Å². The molecule has 0 fully saturated rings. The number of ether oxygens (including phenoxy) is 1. The number of halogens is 1. The molecule has 0 atom stereocenters. The lowest BCUT2D eigenvalue weighted by molar-refractivity contribution is 0.103. The summed E-state index contributed by atoms with van der Waals surface area (Å²) in [4.78, 5) is 12.7. The molecule has 0 unspecified atom stereocenters. The van der Waals surface area contributed by atoms with E-state index in [0.29, 0.717) is 16.1 Å². The van der Waals surface area contributed by atoms with Crippen LogP contribution < -0.4 is 4.74 Å². The Morgan fingerprint density at radius 3 is 2.25 bits per heavy atom. The molecule has 20 heavy (non-hydrogen) atoms. The van der Waals surface area contributed by atoms with E-state index in [1.54, 1.807) is 19.2 Å². The second-order valence-corrected chi connectivity index (χ2v) is 5.36. The average molecular weight is 289 g/mol. The topological polar surface area (TPSA) is 26.3 Å². The summed E-state index contributed by atoms with van der Waals surface area (Å²) in [6.07, 6.45) is 0. The summed E-state index contributed by atoms with van der Waals surface area (Å²) in [7, 11) is 1.63. The van der Waals surface area contributed by atoms with Gasteiger partial charge in [-0.1, -0.05) is 17.7 Å². The third kappa shape index (κ3) is 2.70. The molecule has 3 heteroatoms. The largest absolute Gasteiger partial charge is 0.496 e. The smallest absolute Gasteiger partial charge is 0.193 e. The Bertz CT molecular complexity index is 675. The molecule has 2 aromatic rings. The molecule has 0 amide bonds. The van der Waals surface area contributed by atoms with Crippen molar-refractivity contribution < 1.29 is 9.53 Å². The first-order valence-corrected chi connectivity index (χ1v) is 6.78. The Balaban J connectivity index is 2.54. The highest BCUT2D eigenvalue weighted by molar-refractivity contribution is 6.31. The molecule has 0 spiro atoms. The minimum absolute atomic E-state index is 0.00625. The Morgan fingerprint density at radius 2 is 1.60 bits per heavy atom. The van der Waals surface area contributed by atoms with E-state index in [1.807, 2.05) is 39.0 Å². The number of carbonyl (C=O) groups is 1. The molecule has 104 valence electrons. The van der Waals surface area contributed by atoms with Crippen LogP contribution in [-0.2, 0) is 0 Å². The Kier molecular flexibility index (Phi) is 4.15. The van der Waals surface area contributed by atoms with Gasteiger partial charge in [0.25, 0.3) is 0 Å². The Labute approximate surface area is 124 Å². The summed E-state index contributed by atoms with van der Waals surface area (Å²) in [6.45, 7) is 5.75. The van der Waals surface area contributed by atoms with E-state index < -0.39 is 0 Å². The van der Waals surface area contributed by atoms with Crippen molar-refractivity contribution in [1.82, 2.24) is 0 Å². The van der Waals surface area contributed by atoms with Crippen LogP contribution in [0.4, 0.5) is 0 Å². The number of hydrogen-bond acceptors (Lipinski definition) is 2. The third-order valence-electron chi connectivity index (χ3n) is 3.43. The fourth-order valence-electron chi connectivity index (χ4n) is 2.24. The van der Waals surface area contributed by atoms with Crippen LogP contribution in [-0.4, -0.2) is 12.9 Å². The lowest BCUT2D eigenvalue weighted by Crippen LogP contribution is -2.07. The summed E-state index contributed by atoms with van der Waals surface area (Å²) in [5, 5.41) is 0.571. The van der Waals surface area contributed by atoms with Crippen LogP contribution in [0.15, 0.2) is 30.3 Å². The molecular formula is C17H17ClO2. The van der Waals surface area contributed by atoms with Crippen LogP contribution in [0.25, 0.3) is 0 Å². The highest BCUT2D eigenvalue weighted by Crippen LogP contribution is 2.26. The van der Waals surface area contributed by atoms with E-state index in [4.69, 9.17) is 16.3 Å². The van der Waals surface area contributed by atoms with Crippen LogP contribution in [0, 0.1) is 20.8 Å². The first-order chi connectivity index (χ1) is 9.43. The van der Waals surface area contributed by atoms with Gasteiger partial charge in [-0.05, 0) is 61.7 Å². The zero-order chi connectivity index (χ0) is 14.9. The zero-order valence-electron chi connectivity index (χ0n) is 12.1. The maximum Gasteiger partial charge on any atom is 0.193 e. The minimum Gasteiger partial charge on any atom is -0.496 e. The molecule has 2 aromatic carbocycles. The van der Waals surface area contributed by atoms with Gasteiger partial charge in [-0.3, -0.25) is 4.79 Å². The van der Waals surface area contributed by atoms with Crippen LogP contribution in [0.2, 0.25) is 5.02 Å². The normalized spacial score (nSPS) is 10.4. The first kappa shape index (κ1) is 14.6. The predicted molar refractivity (Wildman–Crippen MR) is 82.1 cm³/mol. The average Bonchev–Trinajstić information content (AvgIpc) is 2.42. The van der Waals surface area contributed by atoms with Gasteiger partial charge in [-0.25, -0.2) is 0 Å². The maximum atomic E-state index is 12.7. The number of carbonyl (C=O) groups excluding carboxylic acids is 1. The fourth-order valence-corrected chi connectivity index (χ4v) is 2.41. The number of benzene rings is 2. The van der Waals surface area contributed by atoms with Gasteiger partial charge in [0, 0.05) is 16.1 Å². The van der Waals surface area contributed by atoms with Crippen molar-refractivity contribution in [1.29, 1.82) is 0 Å². The standard InChI is InChI=1S/C17H17ClO2/c1-10-5-6-13(18)9-15(10)17(19)14-7-12(3)16(20-4)8-11(14)2/h5-9H,1-4H3. The number of ketones is 1. The molecule has 0 radical (unpaired) electrons. The van der Waals surface area contributed by atoms with E-state index >= 15 is 0 Å². The number of rotatable bonds is 3. The minimum atomic E-state index is -0.00625. The van der Waals surface area contributed by atoms with E-state index in [-0.39, 0.29) is 5.78 Å². The van der Waals surface area contributed by atoms with Gasteiger partial charge in [0.15, 0.2) is 5.78 Å². The van der Waals surface area contributed by atoms with Gasteiger partial charge < -0.3 is 4.74 Å². The molecule has 0 bridgehead atoms. The van der Waals surface area contributed by atoms with Crippen molar-refractivity contribution in [2.45, 2.75) is 20.8 Å². The predicted octanol–water partition coefficient (Wildman–Crippen LogP) is 4.50. The van der Waals surface area contributed by atoms with Gasteiger partial charge in [0.2, 0.25) is 0 Å². The summed E-state index contributed by atoms with van der Waals surface area (Å²) in [6, 6.07) is 9.14. The molecule has 2 nitrogen and oxygen atoms in total. The Hall–Kier alpha value is -1.80. The van der Waals surface area contributed by atoms with Crippen molar-refractivity contribution in [2.75, 3.05) is 7.11 Å². The maximum absolute atomic E-state index is 12.7. The van der Waals surface area contributed by atoms with Gasteiger partial charge in [-0.2, -0.15) is 0 Å². The van der Waals surface area contributed by atoms with E-state index in [0.717, 1.165) is 22.4 Å². The second-order valence-electron chi connectivity index (χ2n) is 4.93. The SMILES string of the molecule is COc1cc(C)c(C(=O)c2cc(Cl)ccc2C)cc1C. The van der Waals surface area contributed by atoms with Gasteiger partial charge in [-0.15, -0.1) is 0 Å². The van der Waals surface area contributed by atoms with Crippen molar-refractivity contribution in [3.8, 4) is 5.75 Å². The highest BCUT2D eigenvalue weighted by atomic mass is 35.5. The van der Waals surface area contributed by atoms with E-state index in [2.05, 4.69) is 0 Å². The lowest BCUT2D eigenvalue weighted by atomic mass is 9.94. The molecular weight excluding hydrogens is 272 g/mol. The molecule has 0 saturated carbocycles. The summed E-state index contributed by atoms with van der Waals surface area (Å²) < 4.78 is 5.28. The fraction of sp³-hybridized carbons (Fsp3) is 0.235. The highest BCUT2D eigenvalue weighted by Gasteiger charge is 2.16. The number of methoxy groups -OCH3 is 1. The van der Waals surface area contributed by atoms with Crippen molar-refractivity contribution >= 4 is 17.4 Å². The number of hydrogen-bond donors (Lipinski definition) is 0. The van der Waals surface area contributed by atoms with Crippen molar-refractivity contribution in [3.05, 3.63) is 63.2 Å². The van der Waals surface area contributed by atoms with E-state index in [1.165, 1.54) is 0 Å². The molecule has 0 aliphatic heterocycles. The molecule has 0 heterocycles.